The molecule has 4 aromatic carbocycles. The van der Waals surface area contributed by atoms with Crippen molar-refractivity contribution in [3.8, 4) is 0 Å². The molecule has 1 aliphatic carbocycles. The van der Waals surface area contributed by atoms with Gasteiger partial charge in [0.25, 0.3) is 10.0 Å². The van der Waals surface area contributed by atoms with E-state index < -0.39 is 16.1 Å². The minimum absolute atomic E-state index is 0.118. The molecule has 2 aliphatic rings. The van der Waals surface area contributed by atoms with Crippen LogP contribution < -0.4 is 9.62 Å². The van der Waals surface area contributed by atoms with Crippen molar-refractivity contribution in [2.45, 2.75) is 68.5 Å². The lowest BCUT2D eigenvalue weighted by molar-refractivity contribution is -0.141. The van der Waals surface area contributed by atoms with Gasteiger partial charge in [0.15, 0.2) is 0 Å². The van der Waals surface area contributed by atoms with Gasteiger partial charge in [0.05, 0.1) is 10.6 Å². The van der Waals surface area contributed by atoms with Crippen molar-refractivity contribution in [1.29, 1.82) is 0 Å². The number of nitrogens with one attached hydrogen (secondary N) is 1. The number of carbonyl (C=O) groups is 2. The number of carbonyl (C=O) groups excluding carboxylic acids is 2. The summed E-state index contributed by atoms with van der Waals surface area (Å²) >= 11 is 0. The smallest absolute Gasteiger partial charge is 0.265 e. The van der Waals surface area contributed by atoms with Crippen LogP contribution in [0.1, 0.15) is 49.7 Å². The molecule has 1 atom stereocenters. The summed E-state index contributed by atoms with van der Waals surface area (Å²) in [5.41, 5.74) is 2.57. The lowest BCUT2D eigenvalue weighted by Gasteiger charge is -2.32. The molecule has 222 valence electrons. The highest BCUT2D eigenvalue weighted by Crippen LogP contribution is 2.42. The summed E-state index contributed by atoms with van der Waals surface area (Å²) in [5, 5.41) is 4.84. The summed E-state index contributed by atoms with van der Waals surface area (Å²) in [6, 6.07) is 29.9. The first-order valence-electron chi connectivity index (χ1n) is 15.1. The Morgan fingerprint density at radius 3 is 2.19 bits per heavy atom. The van der Waals surface area contributed by atoms with E-state index in [4.69, 9.17) is 0 Å². The maximum Gasteiger partial charge on any atom is 0.265 e. The number of sulfonamides is 1. The van der Waals surface area contributed by atoms with E-state index >= 15 is 0 Å². The number of hydrogen-bond donors (Lipinski definition) is 1. The van der Waals surface area contributed by atoms with Crippen LogP contribution >= 0.6 is 0 Å². The first-order valence-corrected chi connectivity index (χ1v) is 16.6. The molecule has 1 heterocycles. The van der Waals surface area contributed by atoms with Crippen LogP contribution in [0.15, 0.2) is 102 Å². The summed E-state index contributed by atoms with van der Waals surface area (Å²) in [7, 11) is -3.70. The van der Waals surface area contributed by atoms with Crippen molar-refractivity contribution in [1.82, 2.24) is 10.2 Å². The zero-order valence-corrected chi connectivity index (χ0v) is 25.0. The number of anilines is 1. The number of hydrogen-bond acceptors (Lipinski definition) is 4. The van der Waals surface area contributed by atoms with Crippen LogP contribution in [0, 0.1) is 0 Å². The van der Waals surface area contributed by atoms with Crippen LogP contribution in [0.5, 0.6) is 0 Å². The Labute approximate surface area is 253 Å². The largest absolute Gasteiger partial charge is 0.352 e. The molecule has 43 heavy (non-hydrogen) atoms. The number of rotatable bonds is 11. The van der Waals surface area contributed by atoms with Crippen molar-refractivity contribution < 1.29 is 18.0 Å². The Morgan fingerprint density at radius 1 is 0.837 bits per heavy atom. The zero-order valence-electron chi connectivity index (χ0n) is 24.2. The van der Waals surface area contributed by atoms with E-state index in [-0.39, 0.29) is 30.8 Å². The minimum Gasteiger partial charge on any atom is -0.352 e. The van der Waals surface area contributed by atoms with Crippen molar-refractivity contribution in [3.63, 3.8) is 0 Å². The average molecular weight is 596 g/mol. The molecule has 4 aromatic rings. The van der Waals surface area contributed by atoms with Crippen LogP contribution in [0.2, 0.25) is 0 Å². The number of amides is 2. The monoisotopic (exact) mass is 595 g/mol. The Bertz CT molecular complexity index is 1700. The zero-order chi connectivity index (χ0) is 29.8. The highest BCUT2D eigenvalue weighted by molar-refractivity contribution is 7.93. The van der Waals surface area contributed by atoms with E-state index in [0.717, 1.165) is 47.6 Å². The lowest BCUT2D eigenvalue weighted by atomic mass is 10.0. The third kappa shape index (κ3) is 6.15. The predicted octanol–water partition coefficient (Wildman–Crippen LogP) is 5.83. The maximum absolute atomic E-state index is 14.0. The first-order chi connectivity index (χ1) is 20.9. The Balaban J connectivity index is 1.24. The summed E-state index contributed by atoms with van der Waals surface area (Å²) < 4.78 is 28.3. The molecule has 0 radical (unpaired) electrons. The normalized spacial score (nSPS) is 16.3. The molecule has 0 unspecified atom stereocenters. The van der Waals surface area contributed by atoms with Gasteiger partial charge in [-0.2, -0.15) is 0 Å². The molecule has 0 bridgehead atoms. The number of nitrogens with zero attached hydrogens (tertiary/aromatic N) is 2. The van der Waals surface area contributed by atoms with Crippen molar-refractivity contribution in [3.05, 3.63) is 108 Å². The first kappa shape index (κ1) is 28.9. The van der Waals surface area contributed by atoms with Gasteiger partial charge in [0, 0.05) is 37.4 Å². The van der Waals surface area contributed by atoms with Gasteiger partial charge in [0.1, 0.15) is 6.04 Å². The van der Waals surface area contributed by atoms with E-state index in [1.165, 1.54) is 4.31 Å². The Morgan fingerprint density at radius 2 is 1.49 bits per heavy atom. The van der Waals surface area contributed by atoms with Crippen LogP contribution in [0.25, 0.3) is 10.8 Å². The molecule has 7 nitrogen and oxygen atoms in total. The molecular weight excluding hydrogens is 558 g/mol. The third-order valence-electron chi connectivity index (χ3n) is 8.60. The molecule has 0 saturated heterocycles. The SMILES string of the molecule is O=C(NC1CCCC1)[C@H](Cc1ccccc1)N(Cc1ccccc1)C(=O)CCCN1c2cccc3cccc(c23)S1(=O)=O. The van der Waals surface area contributed by atoms with E-state index in [9.17, 15) is 18.0 Å². The second-order valence-corrected chi connectivity index (χ2v) is 13.3. The summed E-state index contributed by atoms with van der Waals surface area (Å²) in [4.78, 5) is 29.9. The topological polar surface area (TPSA) is 86.8 Å². The summed E-state index contributed by atoms with van der Waals surface area (Å²) in [6.45, 7) is 0.473. The van der Waals surface area contributed by atoms with Crippen LogP contribution in [0.4, 0.5) is 5.69 Å². The molecule has 6 rings (SSSR count). The van der Waals surface area contributed by atoms with Gasteiger partial charge in [-0.25, -0.2) is 8.42 Å². The van der Waals surface area contributed by atoms with Crippen molar-refractivity contribution in [2.75, 3.05) is 10.8 Å². The molecule has 8 heteroatoms. The fraction of sp³-hybridized carbons (Fsp3) is 0.314. The average Bonchev–Trinajstić information content (AvgIpc) is 3.61. The highest BCUT2D eigenvalue weighted by atomic mass is 32.2. The van der Waals surface area contributed by atoms with E-state index in [1.54, 1.807) is 17.0 Å². The van der Waals surface area contributed by atoms with Crippen molar-refractivity contribution in [2.24, 2.45) is 0 Å². The Kier molecular flexibility index (Phi) is 8.47. The van der Waals surface area contributed by atoms with E-state index in [2.05, 4.69) is 5.32 Å². The summed E-state index contributed by atoms with van der Waals surface area (Å²) in [5.74, 6) is -0.303. The second-order valence-electron chi connectivity index (χ2n) is 11.5. The van der Waals surface area contributed by atoms with Gasteiger partial charge in [-0.1, -0.05) is 97.8 Å². The van der Waals surface area contributed by atoms with Gasteiger partial charge in [-0.3, -0.25) is 13.9 Å². The molecule has 0 spiro atoms. The molecule has 1 N–H and O–H groups in total. The van der Waals surface area contributed by atoms with Crippen LogP contribution in [-0.2, 0) is 32.6 Å². The fourth-order valence-electron chi connectivity index (χ4n) is 6.42. The van der Waals surface area contributed by atoms with Gasteiger partial charge in [-0.15, -0.1) is 0 Å². The second kappa shape index (κ2) is 12.6. The van der Waals surface area contributed by atoms with Gasteiger partial charge in [0.2, 0.25) is 11.8 Å². The fourth-order valence-corrected chi connectivity index (χ4v) is 8.17. The number of benzene rings is 4. The molecular formula is C35H37N3O4S. The summed E-state index contributed by atoms with van der Waals surface area (Å²) in [6.07, 6.45) is 4.95. The van der Waals surface area contributed by atoms with Crippen LogP contribution in [-0.4, -0.2) is 43.8 Å². The van der Waals surface area contributed by atoms with E-state index in [0.29, 0.717) is 30.0 Å². The highest BCUT2D eigenvalue weighted by Gasteiger charge is 2.36. The Hall–Kier alpha value is -4.17. The van der Waals surface area contributed by atoms with Gasteiger partial charge < -0.3 is 10.2 Å². The molecule has 1 saturated carbocycles. The lowest BCUT2D eigenvalue weighted by Crippen LogP contribution is -2.52. The van der Waals surface area contributed by atoms with Crippen molar-refractivity contribution >= 4 is 38.3 Å². The van der Waals surface area contributed by atoms with Gasteiger partial charge >= 0.3 is 0 Å². The van der Waals surface area contributed by atoms with Gasteiger partial charge in [-0.05, 0) is 47.9 Å². The maximum atomic E-state index is 14.0. The molecule has 1 fully saturated rings. The third-order valence-corrected chi connectivity index (χ3v) is 10.5. The van der Waals surface area contributed by atoms with Crippen LogP contribution in [0.3, 0.4) is 0 Å². The molecule has 1 aliphatic heterocycles. The standard InChI is InChI=1S/C35H37N3O4S/c39-33(22-11-23-38-30-20-9-16-28-17-10-21-32(34(28)30)43(38,41)42)37(25-27-14-5-2-6-15-27)31(24-26-12-3-1-4-13-26)35(40)36-29-18-7-8-19-29/h1-6,9-10,12-17,20-21,29,31H,7-8,11,18-19,22-25H2,(H,36,40)/t31-/m0/s1. The quantitative estimate of drug-likeness (QED) is 0.237. The minimum atomic E-state index is -3.70. The molecule has 2 amide bonds. The predicted molar refractivity (Wildman–Crippen MR) is 169 cm³/mol. The van der Waals surface area contributed by atoms with E-state index in [1.807, 2.05) is 84.9 Å². The molecule has 0 aromatic heterocycles.